The van der Waals surface area contributed by atoms with Gasteiger partial charge in [-0.2, -0.15) is 0 Å². The number of hydrogen-bond acceptors (Lipinski definition) is 5. The van der Waals surface area contributed by atoms with Crippen LogP contribution in [0.2, 0.25) is 5.02 Å². The predicted octanol–water partition coefficient (Wildman–Crippen LogP) is 2.91. The van der Waals surface area contributed by atoms with E-state index in [4.69, 9.17) is 16.1 Å². The highest BCUT2D eigenvalue weighted by Crippen LogP contribution is 2.23. The van der Waals surface area contributed by atoms with Crippen LogP contribution in [0.15, 0.2) is 34.9 Å². The van der Waals surface area contributed by atoms with Crippen LogP contribution in [0, 0.1) is 6.92 Å². The van der Waals surface area contributed by atoms with Gasteiger partial charge in [0.05, 0.1) is 12.2 Å². The van der Waals surface area contributed by atoms with Crippen LogP contribution in [-0.4, -0.2) is 31.4 Å². The topological polar surface area (TPSA) is 60.0 Å². The van der Waals surface area contributed by atoms with E-state index in [0.717, 1.165) is 59.9 Å². The molecule has 23 heavy (non-hydrogen) atoms. The summed E-state index contributed by atoms with van der Waals surface area (Å²) in [5.74, 6) is 2.71. The Morgan fingerprint density at radius 3 is 2.74 bits per heavy atom. The molecule has 2 aromatic heterocycles. The summed E-state index contributed by atoms with van der Waals surface area (Å²) in [4.78, 5) is 2.30. The van der Waals surface area contributed by atoms with Gasteiger partial charge in [0.1, 0.15) is 11.6 Å². The molecule has 0 radical (unpaired) electrons. The molecule has 0 amide bonds. The molecule has 3 aromatic rings. The molecule has 1 aliphatic heterocycles. The number of nitrogens with zero attached hydrogens (tertiary/aromatic N) is 5. The standard InChI is InChI=1S/C16H16ClN5O/c1-11-8-14(20-23-11)9-21-6-7-22-15(10-21)18-19-16(22)12-2-4-13(17)5-3-12/h2-5,8H,6-7,9-10H2,1H3. The number of fused-ring (bicyclic) bond motifs is 1. The van der Waals surface area contributed by atoms with E-state index >= 15 is 0 Å². The number of halogens is 1. The maximum atomic E-state index is 5.95. The number of benzene rings is 1. The van der Waals surface area contributed by atoms with E-state index in [0.29, 0.717) is 0 Å². The van der Waals surface area contributed by atoms with Crippen molar-refractivity contribution in [3.05, 3.63) is 52.6 Å². The van der Waals surface area contributed by atoms with Gasteiger partial charge in [0.2, 0.25) is 0 Å². The number of hydrogen-bond donors (Lipinski definition) is 0. The zero-order valence-electron chi connectivity index (χ0n) is 12.7. The van der Waals surface area contributed by atoms with Crippen molar-refractivity contribution in [2.24, 2.45) is 0 Å². The smallest absolute Gasteiger partial charge is 0.164 e. The second-order valence-corrected chi connectivity index (χ2v) is 6.17. The summed E-state index contributed by atoms with van der Waals surface area (Å²) in [5, 5.41) is 13.5. The molecule has 0 saturated heterocycles. The molecule has 0 fully saturated rings. The van der Waals surface area contributed by atoms with Crippen molar-refractivity contribution in [3.63, 3.8) is 0 Å². The molecule has 3 heterocycles. The minimum absolute atomic E-state index is 0.723. The molecule has 0 spiro atoms. The first-order valence-corrected chi connectivity index (χ1v) is 7.89. The van der Waals surface area contributed by atoms with E-state index in [9.17, 15) is 0 Å². The van der Waals surface area contributed by atoms with E-state index in [2.05, 4.69) is 24.8 Å². The first kappa shape index (κ1) is 14.4. The quantitative estimate of drug-likeness (QED) is 0.739. The lowest BCUT2D eigenvalue weighted by Gasteiger charge is -2.26. The van der Waals surface area contributed by atoms with E-state index in [1.807, 2.05) is 37.3 Å². The number of aromatic nitrogens is 4. The minimum atomic E-state index is 0.723. The van der Waals surface area contributed by atoms with Crippen LogP contribution in [0.3, 0.4) is 0 Å². The molecule has 0 aliphatic carbocycles. The van der Waals surface area contributed by atoms with Crippen molar-refractivity contribution in [1.29, 1.82) is 0 Å². The molecule has 0 atom stereocenters. The molecule has 1 aromatic carbocycles. The zero-order chi connectivity index (χ0) is 15.8. The average Bonchev–Trinajstić information content (AvgIpc) is 3.14. The third kappa shape index (κ3) is 2.87. The Balaban J connectivity index is 1.54. The Labute approximate surface area is 138 Å². The maximum absolute atomic E-state index is 5.95. The van der Waals surface area contributed by atoms with Crippen LogP contribution >= 0.6 is 11.6 Å². The maximum Gasteiger partial charge on any atom is 0.164 e. The summed E-state index contributed by atoms with van der Waals surface area (Å²) in [5.41, 5.74) is 1.99. The molecule has 0 N–H and O–H groups in total. The van der Waals surface area contributed by atoms with Crippen LogP contribution in [0.25, 0.3) is 11.4 Å². The highest BCUT2D eigenvalue weighted by atomic mass is 35.5. The highest BCUT2D eigenvalue weighted by molar-refractivity contribution is 6.30. The van der Waals surface area contributed by atoms with Gasteiger partial charge < -0.3 is 9.09 Å². The van der Waals surface area contributed by atoms with E-state index in [-0.39, 0.29) is 0 Å². The van der Waals surface area contributed by atoms with Gasteiger partial charge in [-0.05, 0) is 31.2 Å². The number of rotatable bonds is 3. The molecule has 4 rings (SSSR count). The lowest BCUT2D eigenvalue weighted by Crippen LogP contribution is -2.33. The lowest BCUT2D eigenvalue weighted by molar-refractivity contribution is 0.203. The Morgan fingerprint density at radius 1 is 1.17 bits per heavy atom. The number of aryl methyl sites for hydroxylation is 1. The van der Waals surface area contributed by atoms with E-state index in [1.54, 1.807) is 0 Å². The average molecular weight is 330 g/mol. The van der Waals surface area contributed by atoms with Crippen molar-refractivity contribution in [2.45, 2.75) is 26.6 Å². The van der Waals surface area contributed by atoms with Crippen molar-refractivity contribution < 1.29 is 4.52 Å². The largest absolute Gasteiger partial charge is 0.361 e. The lowest BCUT2D eigenvalue weighted by atomic mass is 10.2. The van der Waals surface area contributed by atoms with Crippen LogP contribution in [0.1, 0.15) is 17.3 Å². The Morgan fingerprint density at radius 2 is 2.00 bits per heavy atom. The van der Waals surface area contributed by atoms with Crippen molar-refractivity contribution in [3.8, 4) is 11.4 Å². The van der Waals surface area contributed by atoms with Crippen molar-refractivity contribution in [2.75, 3.05) is 6.54 Å². The molecular weight excluding hydrogens is 314 g/mol. The van der Waals surface area contributed by atoms with Gasteiger partial charge in [0.15, 0.2) is 5.82 Å². The summed E-state index contributed by atoms with van der Waals surface area (Å²) < 4.78 is 7.30. The first-order valence-electron chi connectivity index (χ1n) is 7.51. The molecule has 1 aliphatic rings. The third-order valence-corrected chi connectivity index (χ3v) is 4.25. The fourth-order valence-electron chi connectivity index (χ4n) is 2.88. The van der Waals surface area contributed by atoms with Gasteiger partial charge in [0, 0.05) is 36.3 Å². The summed E-state index contributed by atoms with van der Waals surface area (Å²) in [6.07, 6.45) is 0. The molecule has 0 unspecified atom stereocenters. The van der Waals surface area contributed by atoms with Crippen LogP contribution in [-0.2, 0) is 19.6 Å². The van der Waals surface area contributed by atoms with Gasteiger partial charge >= 0.3 is 0 Å². The first-order chi connectivity index (χ1) is 11.2. The fraction of sp³-hybridized carbons (Fsp3) is 0.312. The summed E-state index contributed by atoms with van der Waals surface area (Å²) in [7, 11) is 0. The second kappa shape index (κ2) is 5.79. The zero-order valence-corrected chi connectivity index (χ0v) is 13.5. The summed E-state index contributed by atoms with van der Waals surface area (Å²) >= 11 is 5.95. The normalized spacial score (nSPS) is 14.9. The predicted molar refractivity (Wildman–Crippen MR) is 85.8 cm³/mol. The summed E-state index contributed by atoms with van der Waals surface area (Å²) in [6.45, 7) is 5.21. The second-order valence-electron chi connectivity index (χ2n) is 5.74. The van der Waals surface area contributed by atoms with Gasteiger partial charge in [-0.15, -0.1) is 10.2 Å². The molecular formula is C16H16ClN5O. The van der Waals surface area contributed by atoms with Crippen molar-refractivity contribution in [1.82, 2.24) is 24.8 Å². The molecule has 0 bridgehead atoms. The fourth-order valence-corrected chi connectivity index (χ4v) is 3.00. The molecule has 0 saturated carbocycles. The van der Waals surface area contributed by atoms with Gasteiger partial charge in [-0.3, -0.25) is 4.90 Å². The minimum Gasteiger partial charge on any atom is -0.361 e. The molecule has 6 nitrogen and oxygen atoms in total. The Hall–Kier alpha value is -2.18. The monoisotopic (exact) mass is 329 g/mol. The van der Waals surface area contributed by atoms with E-state index < -0.39 is 0 Å². The summed E-state index contributed by atoms with van der Waals surface area (Å²) in [6, 6.07) is 9.67. The van der Waals surface area contributed by atoms with E-state index in [1.165, 1.54) is 0 Å². The Bertz CT molecular complexity index is 823. The van der Waals surface area contributed by atoms with Crippen LogP contribution in [0.4, 0.5) is 0 Å². The van der Waals surface area contributed by atoms with Crippen LogP contribution in [0.5, 0.6) is 0 Å². The van der Waals surface area contributed by atoms with Crippen molar-refractivity contribution >= 4 is 11.6 Å². The highest BCUT2D eigenvalue weighted by Gasteiger charge is 2.22. The molecule has 118 valence electrons. The SMILES string of the molecule is Cc1cc(CN2CCn3c(nnc3-c3ccc(Cl)cc3)C2)no1. The van der Waals surface area contributed by atoms with Gasteiger partial charge in [0.25, 0.3) is 0 Å². The van der Waals surface area contributed by atoms with Gasteiger partial charge in [-0.25, -0.2) is 0 Å². The Kier molecular flexibility index (Phi) is 3.63. The third-order valence-electron chi connectivity index (χ3n) is 4.00. The molecule has 7 heteroatoms. The van der Waals surface area contributed by atoms with Gasteiger partial charge in [-0.1, -0.05) is 16.8 Å². The van der Waals surface area contributed by atoms with Crippen LogP contribution < -0.4 is 0 Å².